The summed E-state index contributed by atoms with van der Waals surface area (Å²) in [6.45, 7) is 0. The van der Waals surface area contributed by atoms with Crippen molar-refractivity contribution in [2.45, 2.75) is 37.8 Å². The molecule has 0 aromatic rings. The summed E-state index contributed by atoms with van der Waals surface area (Å²) in [6.07, 6.45) is 0.699. The van der Waals surface area contributed by atoms with Gasteiger partial charge in [0.25, 0.3) is 0 Å². The van der Waals surface area contributed by atoms with E-state index in [1.807, 2.05) is 0 Å². The van der Waals surface area contributed by atoms with Crippen LogP contribution in [0.1, 0.15) is 25.7 Å². The predicted octanol–water partition coefficient (Wildman–Crippen LogP) is -1.81. The highest BCUT2D eigenvalue weighted by atomic mass is 16.5. The molecular formula is C11H17N3O5. The molecule has 19 heavy (non-hydrogen) atoms. The Kier molecular flexibility index (Phi) is 5.28. The van der Waals surface area contributed by atoms with E-state index in [9.17, 15) is 19.2 Å². The van der Waals surface area contributed by atoms with Crippen LogP contribution >= 0.6 is 0 Å². The molecule has 8 nitrogen and oxygen atoms in total. The fraction of sp³-hybridized carbons (Fsp3) is 0.636. The number of primary amides is 1. The van der Waals surface area contributed by atoms with Crippen LogP contribution in [0.4, 0.5) is 0 Å². The smallest absolute Gasteiger partial charge is 0.305 e. The molecule has 1 aliphatic rings. The van der Waals surface area contributed by atoms with Crippen molar-refractivity contribution in [2.75, 3.05) is 7.11 Å². The van der Waals surface area contributed by atoms with Crippen molar-refractivity contribution in [1.82, 2.24) is 10.6 Å². The van der Waals surface area contributed by atoms with Crippen molar-refractivity contribution in [1.29, 1.82) is 0 Å². The average Bonchev–Trinajstić information content (AvgIpc) is 2.80. The van der Waals surface area contributed by atoms with E-state index < -0.39 is 29.9 Å². The summed E-state index contributed by atoms with van der Waals surface area (Å²) in [5.74, 6) is -1.90. The molecule has 1 aliphatic heterocycles. The Bertz CT molecular complexity index is 396. The molecule has 1 fully saturated rings. The number of methoxy groups -OCH3 is 1. The molecule has 0 aromatic heterocycles. The second kappa shape index (κ2) is 6.72. The SMILES string of the molecule is COC(=O)CC[C@@H](NC(=O)[C@@H]1CCC(=O)N1)C(N)=O. The number of nitrogens with two attached hydrogens (primary N) is 1. The maximum atomic E-state index is 11.8. The summed E-state index contributed by atoms with van der Waals surface area (Å²) < 4.78 is 4.44. The van der Waals surface area contributed by atoms with Crippen molar-refractivity contribution in [3.63, 3.8) is 0 Å². The molecule has 0 bridgehead atoms. The number of esters is 1. The summed E-state index contributed by atoms with van der Waals surface area (Å²) >= 11 is 0. The lowest BCUT2D eigenvalue weighted by atomic mass is 10.1. The van der Waals surface area contributed by atoms with Gasteiger partial charge in [0.1, 0.15) is 12.1 Å². The maximum Gasteiger partial charge on any atom is 0.305 e. The van der Waals surface area contributed by atoms with Gasteiger partial charge >= 0.3 is 5.97 Å². The van der Waals surface area contributed by atoms with Gasteiger partial charge in [0.2, 0.25) is 17.7 Å². The van der Waals surface area contributed by atoms with Gasteiger partial charge in [-0.3, -0.25) is 19.2 Å². The zero-order valence-corrected chi connectivity index (χ0v) is 10.6. The predicted molar refractivity (Wildman–Crippen MR) is 63.5 cm³/mol. The van der Waals surface area contributed by atoms with Crippen molar-refractivity contribution >= 4 is 23.7 Å². The third kappa shape index (κ3) is 4.57. The third-order valence-electron chi connectivity index (χ3n) is 2.84. The Balaban J connectivity index is 2.48. The van der Waals surface area contributed by atoms with E-state index >= 15 is 0 Å². The number of carbonyl (C=O) groups is 4. The fourth-order valence-corrected chi connectivity index (χ4v) is 1.73. The number of ether oxygens (including phenoxy) is 1. The summed E-state index contributed by atoms with van der Waals surface area (Å²) in [5.41, 5.74) is 5.15. The van der Waals surface area contributed by atoms with Gasteiger partial charge in [-0.15, -0.1) is 0 Å². The third-order valence-corrected chi connectivity index (χ3v) is 2.84. The van der Waals surface area contributed by atoms with Crippen molar-refractivity contribution in [3.8, 4) is 0 Å². The molecule has 0 radical (unpaired) electrons. The molecule has 0 unspecified atom stereocenters. The summed E-state index contributed by atoms with van der Waals surface area (Å²) in [7, 11) is 1.23. The number of hydrogen-bond acceptors (Lipinski definition) is 5. The lowest BCUT2D eigenvalue weighted by Gasteiger charge is -2.17. The Labute approximate surface area is 110 Å². The highest BCUT2D eigenvalue weighted by Crippen LogP contribution is 2.07. The van der Waals surface area contributed by atoms with Gasteiger partial charge in [-0.2, -0.15) is 0 Å². The lowest BCUT2D eigenvalue weighted by Crippen LogP contribution is -2.50. The molecule has 3 amide bonds. The van der Waals surface area contributed by atoms with Crippen LogP contribution in [0.3, 0.4) is 0 Å². The van der Waals surface area contributed by atoms with Gasteiger partial charge in [0.05, 0.1) is 7.11 Å². The second-order valence-corrected chi connectivity index (χ2v) is 4.24. The molecule has 1 heterocycles. The number of hydrogen-bond donors (Lipinski definition) is 3. The zero-order chi connectivity index (χ0) is 14.4. The molecule has 1 saturated heterocycles. The van der Waals surface area contributed by atoms with Crippen LogP contribution in [0, 0.1) is 0 Å². The normalized spacial score (nSPS) is 19.4. The monoisotopic (exact) mass is 271 g/mol. The molecule has 0 aromatic carbocycles. The first-order valence-electron chi connectivity index (χ1n) is 5.90. The number of amides is 3. The quantitative estimate of drug-likeness (QED) is 0.490. The largest absolute Gasteiger partial charge is 0.469 e. The van der Waals surface area contributed by atoms with E-state index in [0.29, 0.717) is 6.42 Å². The van der Waals surface area contributed by atoms with Crippen molar-refractivity contribution in [2.24, 2.45) is 5.73 Å². The molecule has 1 rings (SSSR count). The summed E-state index contributed by atoms with van der Waals surface area (Å²) in [4.78, 5) is 44.9. The van der Waals surface area contributed by atoms with Gasteiger partial charge < -0.3 is 21.1 Å². The molecule has 4 N–H and O–H groups in total. The molecule has 0 saturated carbocycles. The van der Waals surface area contributed by atoms with Gasteiger partial charge in [-0.25, -0.2) is 0 Å². The Hall–Kier alpha value is -2.12. The van der Waals surface area contributed by atoms with Crippen LogP contribution in [0.5, 0.6) is 0 Å². The average molecular weight is 271 g/mol. The van der Waals surface area contributed by atoms with E-state index in [1.54, 1.807) is 0 Å². The Morgan fingerprint density at radius 1 is 1.53 bits per heavy atom. The molecular weight excluding hydrogens is 254 g/mol. The van der Waals surface area contributed by atoms with E-state index in [4.69, 9.17) is 5.73 Å². The second-order valence-electron chi connectivity index (χ2n) is 4.24. The zero-order valence-electron chi connectivity index (χ0n) is 10.6. The minimum atomic E-state index is -0.955. The van der Waals surface area contributed by atoms with Crippen LogP contribution in [0.2, 0.25) is 0 Å². The molecule has 8 heteroatoms. The van der Waals surface area contributed by atoms with E-state index in [0.717, 1.165) is 0 Å². The maximum absolute atomic E-state index is 11.8. The molecule has 106 valence electrons. The minimum Gasteiger partial charge on any atom is -0.469 e. The number of nitrogens with one attached hydrogen (secondary N) is 2. The molecule has 2 atom stereocenters. The van der Waals surface area contributed by atoms with Gasteiger partial charge in [-0.05, 0) is 12.8 Å². The van der Waals surface area contributed by atoms with Crippen LogP contribution in [-0.4, -0.2) is 42.9 Å². The van der Waals surface area contributed by atoms with E-state index in [2.05, 4.69) is 15.4 Å². The lowest BCUT2D eigenvalue weighted by molar-refractivity contribution is -0.141. The standard InChI is InChI=1S/C11H17N3O5/c1-19-9(16)5-3-6(10(12)17)14-11(18)7-2-4-8(15)13-7/h6-7H,2-5H2,1H3,(H2,12,17)(H,13,15)(H,14,18)/t6-,7+/m1/s1. The van der Waals surface area contributed by atoms with Crippen LogP contribution < -0.4 is 16.4 Å². The summed E-state index contributed by atoms with van der Waals surface area (Å²) in [5, 5.41) is 4.90. The number of carbonyl (C=O) groups excluding carboxylic acids is 4. The molecule has 0 spiro atoms. The van der Waals surface area contributed by atoms with E-state index in [-0.39, 0.29) is 25.2 Å². The van der Waals surface area contributed by atoms with Gasteiger partial charge in [-0.1, -0.05) is 0 Å². The Morgan fingerprint density at radius 2 is 2.21 bits per heavy atom. The topological polar surface area (TPSA) is 128 Å². The van der Waals surface area contributed by atoms with Crippen molar-refractivity contribution in [3.05, 3.63) is 0 Å². The first-order valence-corrected chi connectivity index (χ1v) is 5.90. The van der Waals surface area contributed by atoms with Crippen molar-refractivity contribution < 1.29 is 23.9 Å². The summed E-state index contributed by atoms with van der Waals surface area (Å²) in [6, 6.07) is -1.60. The van der Waals surface area contributed by atoms with Crippen LogP contribution in [-0.2, 0) is 23.9 Å². The van der Waals surface area contributed by atoms with E-state index in [1.165, 1.54) is 7.11 Å². The molecule has 0 aliphatic carbocycles. The first-order chi connectivity index (χ1) is 8.93. The highest BCUT2D eigenvalue weighted by molar-refractivity contribution is 5.93. The van der Waals surface area contributed by atoms with Crippen LogP contribution in [0.15, 0.2) is 0 Å². The first kappa shape index (κ1) is 14.9. The Morgan fingerprint density at radius 3 is 2.68 bits per heavy atom. The highest BCUT2D eigenvalue weighted by Gasteiger charge is 2.29. The van der Waals surface area contributed by atoms with Gasteiger partial charge in [0.15, 0.2) is 0 Å². The number of rotatable bonds is 6. The van der Waals surface area contributed by atoms with Gasteiger partial charge in [0, 0.05) is 12.8 Å². The fourth-order valence-electron chi connectivity index (χ4n) is 1.73. The minimum absolute atomic E-state index is 0.0264. The van der Waals surface area contributed by atoms with Crippen LogP contribution in [0.25, 0.3) is 0 Å².